The molecule has 1 aliphatic carbocycles. The summed E-state index contributed by atoms with van der Waals surface area (Å²) in [6.45, 7) is 8.77. The first-order valence-corrected chi connectivity index (χ1v) is 6.52. The molecule has 0 amide bonds. The summed E-state index contributed by atoms with van der Waals surface area (Å²) in [5.74, 6) is 0.950. The summed E-state index contributed by atoms with van der Waals surface area (Å²) < 4.78 is 0. The predicted octanol–water partition coefficient (Wildman–Crippen LogP) is 4.19. The zero-order valence-corrected chi connectivity index (χ0v) is 11.6. The monoisotopic (exact) mass is 246 g/mol. The van der Waals surface area contributed by atoms with Crippen LogP contribution in [0.15, 0.2) is 29.8 Å². The Labute approximate surface area is 109 Å². The molecule has 18 heavy (non-hydrogen) atoms. The molecular weight excluding hydrogens is 224 g/mol. The Kier molecular flexibility index (Phi) is 3.14. The Bertz CT molecular complexity index is 466. The fourth-order valence-electron chi connectivity index (χ4n) is 2.94. The number of hydrogen-bond donors (Lipinski definition) is 2. The molecule has 98 valence electrons. The highest BCUT2D eigenvalue weighted by molar-refractivity contribution is 5.49. The summed E-state index contributed by atoms with van der Waals surface area (Å²) in [6, 6.07) is 4.96. The van der Waals surface area contributed by atoms with Crippen LogP contribution in [0.3, 0.4) is 0 Å². The van der Waals surface area contributed by atoms with E-state index in [1.165, 1.54) is 5.57 Å². The van der Waals surface area contributed by atoms with Crippen molar-refractivity contribution < 1.29 is 10.2 Å². The van der Waals surface area contributed by atoms with Gasteiger partial charge in [-0.25, -0.2) is 0 Å². The molecule has 0 saturated carbocycles. The van der Waals surface area contributed by atoms with E-state index >= 15 is 0 Å². The number of phenolic OH excluding ortho intramolecular Hbond substituents is 2. The van der Waals surface area contributed by atoms with Crippen LogP contribution in [0.25, 0.3) is 0 Å². The molecule has 2 nitrogen and oxygen atoms in total. The molecule has 0 radical (unpaired) electrons. The normalized spacial score (nSPS) is 26.8. The molecule has 1 aromatic carbocycles. The van der Waals surface area contributed by atoms with E-state index in [0.29, 0.717) is 11.5 Å². The van der Waals surface area contributed by atoms with Crippen LogP contribution in [0.2, 0.25) is 0 Å². The Morgan fingerprint density at radius 3 is 2.28 bits per heavy atom. The molecule has 1 aliphatic rings. The van der Waals surface area contributed by atoms with E-state index in [9.17, 15) is 10.2 Å². The van der Waals surface area contributed by atoms with Crippen LogP contribution >= 0.6 is 0 Å². The first kappa shape index (κ1) is 13.0. The van der Waals surface area contributed by atoms with Gasteiger partial charge >= 0.3 is 0 Å². The molecule has 0 heterocycles. The molecule has 1 aromatic rings. The van der Waals surface area contributed by atoms with Crippen LogP contribution in [-0.4, -0.2) is 10.2 Å². The number of hydrogen-bond acceptors (Lipinski definition) is 2. The fraction of sp³-hybridized carbons (Fsp3) is 0.500. The molecule has 2 rings (SSSR count). The molecule has 2 N–H and O–H groups in total. The van der Waals surface area contributed by atoms with Gasteiger partial charge in [0.2, 0.25) is 0 Å². The van der Waals surface area contributed by atoms with Crippen molar-refractivity contribution >= 4 is 0 Å². The molecule has 0 aliphatic heterocycles. The van der Waals surface area contributed by atoms with E-state index in [0.717, 1.165) is 6.42 Å². The minimum Gasteiger partial charge on any atom is -0.508 e. The Balaban J connectivity index is 2.58. The Morgan fingerprint density at radius 2 is 1.72 bits per heavy atom. The predicted molar refractivity (Wildman–Crippen MR) is 73.8 cm³/mol. The highest BCUT2D eigenvalue weighted by Crippen LogP contribution is 2.52. The lowest BCUT2D eigenvalue weighted by Gasteiger charge is -2.42. The van der Waals surface area contributed by atoms with Gasteiger partial charge in [0.15, 0.2) is 0 Å². The molecule has 0 saturated heterocycles. The smallest absolute Gasteiger partial charge is 0.123 e. The third-order valence-corrected chi connectivity index (χ3v) is 4.52. The largest absolute Gasteiger partial charge is 0.508 e. The molecule has 0 aromatic heterocycles. The highest BCUT2D eigenvalue weighted by Gasteiger charge is 2.39. The summed E-state index contributed by atoms with van der Waals surface area (Å²) in [7, 11) is 0. The summed E-state index contributed by atoms with van der Waals surface area (Å²) in [5.41, 5.74) is 2.01. The maximum atomic E-state index is 10.1. The van der Waals surface area contributed by atoms with Crippen LogP contribution < -0.4 is 0 Å². The second-order valence-electron chi connectivity index (χ2n) is 6.13. The first-order chi connectivity index (χ1) is 8.34. The van der Waals surface area contributed by atoms with Crippen molar-refractivity contribution in [1.82, 2.24) is 0 Å². The van der Waals surface area contributed by atoms with Gasteiger partial charge in [0.05, 0.1) is 0 Å². The lowest BCUT2D eigenvalue weighted by Crippen LogP contribution is -2.32. The van der Waals surface area contributed by atoms with Crippen LogP contribution in [0.1, 0.15) is 45.6 Å². The summed E-state index contributed by atoms with van der Waals surface area (Å²) in [6.07, 6.45) is 3.27. The van der Waals surface area contributed by atoms with Gasteiger partial charge < -0.3 is 10.2 Å². The lowest BCUT2D eigenvalue weighted by molar-refractivity contribution is 0.183. The van der Waals surface area contributed by atoms with Gasteiger partial charge in [0, 0.05) is 11.5 Å². The van der Waals surface area contributed by atoms with E-state index in [4.69, 9.17) is 0 Å². The van der Waals surface area contributed by atoms with Crippen molar-refractivity contribution in [3.8, 4) is 11.5 Å². The Hall–Kier alpha value is -1.44. The minimum atomic E-state index is 0.0236. The van der Waals surface area contributed by atoms with Gasteiger partial charge in [0.1, 0.15) is 11.5 Å². The first-order valence-electron chi connectivity index (χ1n) is 6.52. The topological polar surface area (TPSA) is 40.5 Å². The van der Waals surface area contributed by atoms with Gasteiger partial charge in [-0.3, -0.25) is 0 Å². The van der Waals surface area contributed by atoms with Crippen LogP contribution in [0.4, 0.5) is 0 Å². The zero-order valence-electron chi connectivity index (χ0n) is 11.6. The maximum absolute atomic E-state index is 10.1. The molecule has 1 unspecified atom stereocenters. The minimum absolute atomic E-state index is 0.0236. The van der Waals surface area contributed by atoms with Crippen molar-refractivity contribution in [3.05, 3.63) is 35.4 Å². The van der Waals surface area contributed by atoms with Crippen LogP contribution in [-0.2, 0) is 0 Å². The van der Waals surface area contributed by atoms with Gasteiger partial charge in [-0.15, -0.1) is 0 Å². The van der Waals surface area contributed by atoms with Crippen molar-refractivity contribution in [2.24, 2.45) is 11.3 Å². The summed E-state index contributed by atoms with van der Waals surface area (Å²) in [5, 5.41) is 20.1. The van der Waals surface area contributed by atoms with E-state index in [1.54, 1.807) is 18.2 Å². The molecule has 2 atom stereocenters. The highest BCUT2D eigenvalue weighted by atomic mass is 16.3. The van der Waals surface area contributed by atoms with Gasteiger partial charge in [-0.2, -0.15) is 0 Å². The molecular formula is C16H22O2. The van der Waals surface area contributed by atoms with Crippen molar-refractivity contribution in [1.29, 1.82) is 0 Å². The molecule has 2 heteroatoms. The molecule has 0 fully saturated rings. The average Bonchev–Trinajstić information content (AvgIpc) is 2.25. The number of aromatic hydroxyl groups is 2. The van der Waals surface area contributed by atoms with Gasteiger partial charge in [-0.1, -0.05) is 38.5 Å². The van der Waals surface area contributed by atoms with Gasteiger partial charge in [0.25, 0.3) is 0 Å². The SMILES string of the molecule is CC1=C[C@H](c2c(O)cccc2O)C(C)(C)C(C)C1. The Morgan fingerprint density at radius 1 is 1.17 bits per heavy atom. The standard InChI is InChI=1S/C16H22O2/c1-10-8-11(2)16(3,4)12(9-10)15-13(17)6-5-7-14(15)18/h5-7,9,11-12,17-18H,8H2,1-4H3/t11?,12-/m1/s1. The van der Waals surface area contributed by atoms with Crippen LogP contribution in [0, 0.1) is 11.3 Å². The summed E-state index contributed by atoms with van der Waals surface area (Å²) >= 11 is 0. The zero-order chi connectivity index (χ0) is 13.5. The third-order valence-electron chi connectivity index (χ3n) is 4.52. The maximum Gasteiger partial charge on any atom is 0.123 e. The number of benzene rings is 1. The second-order valence-corrected chi connectivity index (χ2v) is 6.13. The third kappa shape index (κ3) is 2.00. The quantitative estimate of drug-likeness (QED) is 0.729. The lowest BCUT2D eigenvalue weighted by atomic mass is 9.62. The summed E-state index contributed by atoms with van der Waals surface area (Å²) in [4.78, 5) is 0. The second kappa shape index (κ2) is 4.34. The fourth-order valence-corrected chi connectivity index (χ4v) is 2.94. The average molecular weight is 246 g/mol. The van der Waals surface area contributed by atoms with E-state index in [1.807, 2.05) is 0 Å². The van der Waals surface area contributed by atoms with Crippen LogP contribution in [0.5, 0.6) is 11.5 Å². The molecule has 0 spiro atoms. The van der Waals surface area contributed by atoms with Crippen molar-refractivity contribution in [3.63, 3.8) is 0 Å². The van der Waals surface area contributed by atoms with E-state index in [2.05, 4.69) is 33.8 Å². The number of rotatable bonds is 1. The van der Waals surface area contributed by atoms with Crippen molar-refractivity contribution in [2.75, 3.05) is 0 Å². The molecule has 0 bridgehead atoms. The van der Waals surface area contributed by atoms with E-state index in [-0.39, 0.29) is 22.8 Å². The van der Waals surface area contributed by atoms with Gasteiger partial charge in [-0.05, 0) is 36.8 Å². The van der Waals surface area contributed by atoms with Crippen molar-refractivity contribution in [2.45, 2.75) is 40.0 Å². The van der Waals surface area contributed by atoms with E-state index < -0.39 is 0 Å². The number of phenols is 2. The number of allylic oxidation sites excluding steroid dienone is 2.